The van der Waals surface area contributed by atoms with Crippen molar-refractivity contribution in [1.82, 2.24) is 10.2 Å². The smallest absolute Gasteiger partial charge is 0.317 e. The summed E-state index contributed by atoms with van der Waals surface area (Å²) in [4.78, 5) is 24.6. The van der Waals surface area contributed by atoms with Crippen molar-refractivity contribution in [2.75, 3.05) is 26.2 Å². The first kappa shape index (κ1) is 17.3. The third-order valence-electron chi connectivity index (χ3n) is 3.81. The molecule has 2 rings (SSSR count). The second kappa shape index (κ2) is 7.04. The van der Waals surface area contributed by atoms with Gasteiger partial charge >= 0.3 is 12.0 Å². The van der Waals surface area contributed by atoms with Crippen molar-refractivity contribution < 1.29 is 23.8 Å². The maximum atomic E-state index is 13.2. The van der Waals surface area contributed by atoms with Gasteiger partial charge in [-0.05, 0) is 25.5 Å². The number of hydrogen-bond donors (Lipinski definition) is 2. The van der Waals surface area contributed by atoms with Gasteiger partial charge in [-0.25, -0.2) is 9.18 Å². The Hall–Kier alpha value is -2.02. The Bertz CT molecular complexity index is 613. The quantitative estimate of drug-likeness (QED) is 0.804. The molecule has 0 spiro atoms. The van der Waals surface area contributed by atoms with Crippen LogP contribution in [-0.4, -0.2) is 48.2 Å². The standard InChI is InChI=1S/C15H18ClFN2O4/c1-15(13(20)21)4-6-19(9-15)14(22)18-5-7-23-10-2-3-11(16)12(17)8-10/h2-3,8H,4-7,9H2,1H3,(H,18,22)(H,20,21). The van der Waals surface area contributed by atoms with Crippen LogP contribution in [0.5, 0.6) is 5.75 Å². The van der Waals surface area contributed by atoms with E-state index >= 15 is 0 Å². The number of carboxylic acids is 1. The first-order chi connectivity index (χ1) is 10.8. The van der Waals surface area contributed by atoms with Gasteiger partial charge in [0.2, 0.25) is 0 Å². The molecule has 0 saturated carbocycles. The summed E-state index contributed by atoms with van der Waals surface area (Å²) >= 11 is 5.57. The number of benzene rings is 1. The average molecular weight is 345 g/mol. The van der Waals surface area contributed by atoms with Crippen molar-refractivity contribution in [3.63, 3.8) is 0 Å². The minimum absolute atomic E-state index is 0.0150. The number of nitrogens with one attached hydrogen (secondary N) is 1. The fraction of sp³-hybridized carbons (Fsp3) is 0.467. The minimum Gasteiger partial charge on any atom is -0.492 e. The SMILES string of the molecule is CC1(C(=O)O)CCN(C(=O)NCCOc2ccc(Cl)c(F)c2)C1. The van der Waals surface area contributed by atoms with Crippen LogP contribution in [0, 0.1) is 11.2 Å². The molecule has 1 fully saturated rings. The maximum Gasteiger partial charge on any atom is 0.317 e. The molecular formula is C15H18ClFN2O4. The van der Waals surface area contributed by atoms with E-state index in [0.717, 1.165) is 0 Å². The van der Waals surface area contributed by atoms with Crippen molar-refractivity contribution in [3.8, 4) is 5.75 Å². The molecule has 8 heteroatoms. The van der Waals surface area contributed by atoms with Crippen molar-refractivity contribution in [2.24, 2.45) is 5.41 Å². The van der Waals surface area contributed by atoms with Gasteiger partial charge in [0.05, 0.1) is 17.0 Å². The van der Waals surface area contributed by atoms with E-state index in [1.807, 2.05) is 0 Å². The molecule has 0 bridgehead atoms. The van der Waals surface area contributed by atoms with Crippen molar-refractivity contribution in [3.05, 3.63) is 29.0 Å². The molecule has 1 saturated heterocycles. The van der Waals surface area contributed by atoms with Gasteiger partial charge in [0.15, 0.2) is 0 Å². The van der Waals surface area contributed by atoms with Crippen LogP contribution in [0.1, 0.15) is 13.3 Å². The van der Waals surface area contributed by atoms with Gasteiger partial charge in [0.1, 0.15) is 18.2 Å². The molecule has 1 unspecified atom stereocenters. The molecule has 0 aromatic heterocycles. The van der Waals surface area contributed by atoms with Gasteiger partial charge in [-0.3, -0.25) is 4.79 Å². The van der Waals surface area contributed by atoms with E-state index in [0.29, 0.717) is 18.7 Å². The highest BCUT2D eigenvalue weighted by atomic mass is 35.5. The highest BCUT2D eigenvalue weighted by Crippen LogP contribution is 2.29. The molecule has 23 heavy (non-hydrogen) atoms. The number of halogens is 2. The highest BCUT2D eigenvalue weighted by Gasteiger charge is 2.42. The number of urea groups is 1. The van der Waals surface area contributed by atoms with Crippen LogP contribution >= 0.6 is 11.6 Å². The Labute approximate surface area is 138 Å². The summed E-state index contributed by atoms with van der Waals surface area (Å²) in [5, 5.41) is 11.8. The topological polar surface area (TPSA) is 78.9 Å². The lowest BCUT2D eigenvalue weighted by Gasteiger charge is -2.20. The zero-order valence-electron chi connectivity index (χ0n) is 12.6. The Kier molecular flexibility index (Phi) is 5.30. The van der Waals surface area contributed by atoms with E-state index in [2.05, 4.69) is 5.32 Å². The Balaban J connectivity index is 1.73. The van der Waals surface area contributed by atoms with E-state index in [9.17, 15) is 14.0 Å². The molecule has 1 atom stereocenters. The van der Waals surface area contributed by atoms with Crippen LogP contribution in [0.2, 0.25) is 5.02 Å². The number of likely N-dealkylation sites (tertiary alicyclic amines) is 1. The van der Waals surface area contributed by atoms with Crippen LogP contribution in [-0.2, 0) is 4.79 Å². The number of ether oxygens (including phenoxy) is 1. The van der Waals surface area contributed by atoms with Gasteiger partial charge in [-0.2, -0.15) is 0 Å². The van der Waals surface area contributed by atoms with Gasteiger partial charge in [-0.15, -0.1) is 0 Å². The Morgan fingerprint density at radius 3 is 2.87 bits per heavy atom. The monoisotopic (exact) mass is 344 g/mol. The van der Waals surface area contributed by atoms with Crippen LogP contribution in [0.3, 0.4) is 0 Å². The van der Waals surface area contributed by atoms with Gasteiger partial charge in [-0.1, -0.05) is 11.6 Å². The normalized spacial score (nSPS) is 20.4. The molecule has 1 aromatic rings. The first-order valence-electron chi connectivity index (χ1n) is 7.16. The molecule has 2 amide bonds. The Morgan fingerprint density at radius 1 is 1.52 bits per heavy atom. The number of carbonyl (C=O) groups excluding carboxylic acids is 1. The second-order valence-corrected chi connectivity index (χ2v) is 6.10. The molecule has 1 aromatic carbocycles. The number of aliphatic carboxylic acids is 1. The molecule has 1 aliphatic rings. The van der Waals surface area contributed by atoms with Crippen molar-refractivity contribution >= 4 is 23.6 Å². The average Bonchev–Trinajstić information content (AvgIpc) is 2.91. The van der Waals surface area contributed by atoms with Crippen molar-refractivity contribution in [2.45, 2.75) is 13.3 Å². The van der Waals surface area contributed by atoms with Crippen LogP contribution in [0.25, 0.3) is 0 Å². The fourth-order valence-electron chi connectivity index (χ4n) is 2.31. The summed E-state index contributed by atoms with van der Waals surface area (Å²) in [5.41, 5.74) is -0.894. The number of nitrogens with zero attached hydrogens (tertiary/aromatic N) is 1. The van der Waals surface area contributed by atoms with Crippen LogP contribution < -0.4 is 10.1 Å². The fourth-order valence-corrected chi connectivity index (χ4v) is 2.43. The van der Waals surface area contributed by atoms with E-state index in [1.54, 1.807) is 6.92 Å². The van der Waals surface area contributed by atoms with Crippen LogP contribution in [0.15, 0.2) is 18.2 Å². The number of amides is 2. The number of carboxylic acid groups (broad SMARTS) is 1. The summed E-state index contributed by atoms with van der Waals surface area (Å²) in [5.74, 6) is -1.15. The molecular weight excluding hydrogens is 327 g/mol. The predicted octanol–water partition coefficient (Wildman–Crippen LogP) is 2.36. The molecule has 2 N–H and O–H groups in total. The summed E-state index contributed by atoms with van der Waals surface area (Å²) < 4.78 is 18.5. The molecule has 0 aliphatic carbocycles. The predicted molar refractivity (Wildman–Crippen MR) is 82.2 cm³/mol. The van der Waals surface area contributed by atoms with Crippen molar-refractivity contribution in [1.29, 1.82) is 0 Å². The Morgan fingerprint density at radius 2 is 2.26 bits per heavy atom. The minimum atomic E-state index is -0.902. The number of carbonyl (C=O) groups is 2. The lowest BCUT2D eigenvalue weighted by molar-refractivity contribution is -0.147. The third-order valence-corrected chi connectivity index (χ3v) is 4.12. The van der Waals surface area contributed by atoms with E-state index in [1.165, 1.54) is 23.1 Å². The largest absolute Gasteiger partial charge is 0.492 e. The molecule has 126 valence electrons. The third kappa shape index (κ3) is 4.25. The second-order valence-electron chi connectivity index (χ2n) is 5.69. The lowest BCUT2D eigenvalue weighted by atomic mass is 9.90. The van der Waals surface area contributed by atoms with E-state index in [4.69, 9.17) is 21.4 Å². The van der Waals surface area contributed by atoms with E-state index in [-0.39, 0.29) is 30.8 Å². The van der Waals surface area contributed by atoms with Gasteiger partial charge < -0.3 is 20.1 Å². The van der Waals surface area contributed by atoms with E-state index < -0.39 is 17.2 Å². The number of rotatable bonds is 5. The zero-order valence-corrected chi connectivity index (χ0v) is 13.4. The summed E-state index contributed by atoms with van der Waals surface area (Å²) in [6, 6.07) is 3.76. The summed E-state index contributed by atoms with van der Waals surface area (Å²) in [6.07, 6.45) is 0.427. The molecule has 1 aliphatic heterocycles. The van der Waals surface area contributed by atoms with Gasteiger partial charge in [0, 0.05) is 19.2 Å². The summed E-state index contributed by atoms with van der Waals surface area (Å²) in [6.45, 7) is 2.59. The molecule has 0 radical (unpaired) electrons. The molecule has 1 heterocycles. The lowest BCUT2D eigenvalue weighted by Crippen LogP contribution is -2.42. The number of hydrogen-bond acceptors (Lipinski definition) is 3. The van der Waals surface area contributed by atoms with Gasteiger partial charge in [0.25, 0.3) is 0 Å². The maximum absolute atomic E-state index is 13.2. The molecule has 6 nitrogen and oxygen atoms in total. The first-order valence-corrected chi connectivity index (χ1v) is 7.54. The van der Waals surface area contributed by atoms with Crippen LogP contribution in [0.4, 0.5) is 9.18 Å². The highest BCUT2D eigenvalue weighted by molar-refractivity contribution is 6.30. The zero-order chi connectivity index (χ0) is 17.0. The summed E-state index contributed by atoms with van der Waals surface area (Å²) in [7, 11) is 0.